The average molecular weight is 340 g/mol. The number of hydrogen-bond acceptors (Lipinski definition) is 1. The highest BCUT2D eigenvalue weighted by Gasteiger charge is 2.55. The Balaban J connectivity index is 1.96. The van der Waals surface area contributed by atoms with Crippen LogP contribution in [-0.4, -0.2) is 16.8 Å². The molecule has 3 heteroatoms. The maximum absolute atomic E-state index is 7.25. The topological polar surface area (TPSA) is 12.0 Å². The van der Waals surface area contributed by atoms with Crippen LogP contribution in [-0.2, 0) is 0 Å². The zero-order valence-electron chi connectivity index (χ0n) is 13.8. The largest absolute Gasteiger partial charge is 0.313 e. The van der Waals surface area contributed by atoms with Gasteiger partial charge in [-0.05, 0) is 57.1 Å². The van der Waals surface area contributed by atoms with Crippen molar-refractivity contribution in [2.45, 2.75) is 55.3 Å². The molecule has 3 rings (SSSR count). The van der Waals surface area contributed by atoms with Crippen LogP contribution in [0.4, 0.5) is 0 Å². The highest BCUT2D eigenvalue weighted by molar-refractivity contribution is 6.27. The molecule has 6 atom stereocenters. The quantitative estimate of drug-likeness (QED) is 0.729. The zero-order chi connectivity index (χ0) is 16.0. The van der Waals surface area contributed by atoms with E-state index in [0.29, 0.717) is 23.8 Å². The molecule has 0 aliphatic heterocycles. The lowest BCUT2D eigenvalue weighted by molar-refractivity contribution is 0.0518. The molecule has 0 amide bonds. The highest BCUT2D eigenvalue weighted by atomic mass is 35.5. The summed E-state index contributed by atoms with van der Waals surface area (Å²) in [5.41, 5.74) is 1.34. The molecule has 6 unspecified atom stereocenters. The van der Waals surface area contributed by atoms with E-state index in [4.69, 9.17) is 23.2 Å². The van der Waals surface area contributed by atoms with Gasteiger partial charge in [-0.3, -0.25) is 0 Å². The predicted octanol–water partition coefficient (Wildman–Crippen LogP) is 5.38. The van der Waals surface area contributed by atoms with Crippen molar-refractivity contribution in [3.63, 3.8) is 0 Å². The van der Waals surface area contributed by atoms with Crippen LogP contribution in [0.15, 0.2) is 30.3 Å². The van der Waals surface area contributed by atoms with Gasteiger partial charge in [0.25, 0.3) is 0 Å². The minimum Gasteiger partial charge on any atom is -0.313 e. The van der Waals surface area contributed by atoms with E-state index in [2.05, 4.69) is 56.5 Å². The monoisotopic (exact) mass is 339 g/mol. The number of benzene rings is 1. The lowest BCUT2D eigenvalue weighted by Crippen LogP contribution is -2.55. The molecule has 0 radical (unpaired) electrons. The molecular formula is C19H27Cl2N. The maximum atomic E-state index is 7.25. The molecule has 2 fully saturated rings. The van der Waals surface area contributed by atoms with Crippen LogP contribution in [0.5, 0.6) is 0 Å². The van der Waals surface area contributed by atoms with E-state index in [1.807, 2.05) is 0 Å². The van der Waals surface area contributed by atoms with E-state index in [-0.39, 0.29) is 9.75 Å². The minimum atomic E-state index is -0.194. The predicted molar refractivity (Wildman–Crippen MR) is 95.7 cm³/mol. The van der Waals surface area contributed by atoms with Gasteiger partial charge in [0.15, 0.2) is 0 Å². The summed E-state index contributed by atoms with van der Waals surface area (Å²) in [5.74, 6) is 1.70. The zero-order valence-corrected chi connectivity index (χ0v) is 15.3. The molecule has 2 aliphatic rings. The summed E-state index contributed by atoms with van der Waals surface area (Å²) in [6, 6.07) is 11.0. The summed E-state index contributed by atoms with van der Waals surface area (Å²) in [6.45, 7) is 4.54. The second kappa shape index (κ2) is 6.00. The van der Waals surface area contributed by atoms with Crippen LogP contribution in [0.3, 0.4) is 0 Å². The third-order valence-corrected chi connectivity index (χ3v) is 6.58. The molecule has 1 aromatic rings. The molecule has 0 saturated heterocycles. The Morgan fingerprint density at radius 1 is 1.18 bits per heavy atom. The molecule has 0 aromatic heterocycles. The Morgan fingerprint density at radius 2 is 1.86 bits per heavy atom. The third kappa shape index (κ3) is 3.05. The molecular weight excluding hydrogens is 313 g/mol. The number of nitrogens with one attached hydrogen (secondary N) is 1. The fraction of sp³-hybridized carbons (Fsp3) is 0.684. The molecule has 122 valence electrons. The average Bonchev–Trinajstić information content (AvgIpc) is 2.41. The smallest absolute Gasteiger partial charge is 0.0514 e. The molecule has 0 heterocycles. The lowest BCUT2D eigenvalue weighted by atomic mass is 9.57. The van der Waals surface area contributed by atoms with Crippen molar-refractivity contribution in [2.75, 3.05) is 7.05 Å². The molecule has 1 nitrogen and oxygen atoms in total. The van der Waals surface area contributed by atoms with Crippen molar-refractivity contribution in [1.82, 2.24) is 5.32 Å². The Morgan fingerprint density at radius 3 is 2.50 bits per heavy atom. The van der Waals surface area contributed by atoms with Crippen LogP contribution in [0.2, 0.25) is 0 Å². The Labute approximate surface area is 144 Å². The SMILES string of the molecule is CNC(c1ccccc1)C1C(C)CC2CC(C)(Cl)CC1(Cl)C2. The number of hydrogen-bond donors (Lipinski definition) is 1. The number of fused-ring (bicyclic) bond motifs is 2. The fourth-order valence-corrected chi connectivity index (χ4v) is 6.73. The van der Waals surface area contributed by atoms with Gasteiger partial charge in [-0.2, -0.15) is 0 Å². The van der Waals surface area contributed by atoms with Gasteiger partial charge in [-0.1, -0.05) is 37.3 Å². The van der Waals surface area contributed by atoms with E-state index in [9.17, 15) is 0 Å². The van der Waals surface area contributed by atoms with Gasteiger partial charge in [0.2, 0.25) is 0 Å². The van der Waals surface area contributed by atoms with Gasteiger partial charge in [0, 0.05) is 16.8 Å². The highest BCUT2D eigenvalue weighted by Crippen LogP contribution is 2.59. The van der Waals surface area contributed by atoms with Crippen LogP contribution in [0.25, 0.3) is 0 Å². The number of halogens is 2. The van der Waals surface area contributed by atoms with E-state index in [0.717, 1.165) is 19.3 Å². The van der Waals surface area contributed by atoms with E-state index in [1.165, 1.54) is 12.0 Å². The number of rotatable bonds is 3. The second-order valence-electron chi connectivity index (χ2n) is 7.81. The molecule has 22 heavy (non-hydrogen) atoms. The van der Waals surface area contributed by atoms with Crippen LogP contribution >= 0.6 is 23.2 Å². The van der Waals surface area contributed by atoms with Gasteiger partial charge in [0.05, 0.1) is 4.87 Å². The third-order valence-electron chi connectivity index (χ3n) is 5.75. The molecule has 2 bridgehead atoms. The fourth-order valence-electron chi connectivity index (χ4n) is 5.36. The van der Waals surface area contributed by atoms with Crippen LogP contribution in [0, 0.1) is 17.8 Å². The summed E-state index contributed by atoms with van der Waals surface area (Å²) in [5, 5.41) is 3.55. The van der Waals surface area contributed by atoms with Crippen molar-refractivity contribution in [1.29, 1.82) is 0 Å². The summed E-state index contributed by atoms with van der Waals surface area (Å²) >= 11 is 14.0. The Kier molecular flexibility index (Phi) is 4.53. The van der Waals surface area contributed by atoms with Gasteiger partial charge in [-0.15, -0.1) is 23.2 Å². The van der Waals surface area contributed by atoms with Gasteiger partial charge < -0.3 is 5.32 Å². The van der Waals surface area contributed by atoms with Crippen molar-refractivity contribution in [3.8, 4) is 0 Å². The second-order valence-corrected chi connectivity index (χ2v) is 9.48. The summed E-state index contributed by atoms with van der Waals surface area (Å²) in [4.78, 5) is -0.349. The molecule has 1 N–H and O–H groups in total. The normalized spacial score (nSPS) is 42.9. The van der Waals surface area contributed by atoms with Crippen molar-refractivity contribution >= 4 is 23.2 Å². The summed E-state index contributed by atoms with van der Waals surface area (Å²) < 4.78 is 0. The first-order valence-corrected chi connectivity index (χ1v) is 9.20. The standard InChI is InChI=1S/C19H27Cl2N/c1-13-9-14-10-18(2,20)12-19(21,11-14)16(13)17(22-3)15-7-5-4-6-8-15/h4-8,13-14,16-17,22H,9-12H2,1-3H3. The van der Waals surface area contributed by atoms with Gasteiger partial charge >= 0.3 is 0 Å². The Hall–Kier alpha value is -0.240. The first kappa shape index (κ1) is 16.6. The molecule has 2 saturated carbocycles. The molecule has 2 aliphatic carbocycles. The summed E-state index contributed by atoms with van der Waals surface area (Å²) in [6.07, 6.45) is 4.36. The van der Waals surface area contributed by atoms with E-state index >= 15 is 0 Å². The van der Waals surface area contributed by atoms with Crippen molar-refractivity contribution < 1.29 is 0 Å². The van der Waals surface area contributed by atoms with Crippen molar-refractivity contribution in [2.24, 2.45) is 17.8 Å². The first-order chi connectivity index (χ1) is 10.3. The van der Waals surface area contributed by atoms with Crippen LogP contribution < -0.4 is 5.32 Å². The first-order valence-electron chi connectivity index (χ1n) is 8.45. The van der Waals surface area contributed by atoms with Crippen molar-refractivity contribution in [3.05, 3.63) is 35.9 Å². The lowest BCUT2D eigenvalue weighted by Gasteiger charge is -2.56. The van der Waals surface area contributed by atoms with Gasteiger partial charge in [-0.25, -0.2) is 0 Å². The minimum absolute atomic E-state index is 0.155. The van der Waals surface area contributed by atoms with E-state index in [1.54, 1.807) is 0 Å². The molecule has 1 aromatic carbocycles. The van der Waals surface area contributed by atoms with Gasteiger partial charge in [0.1, 0.15) is 0 Å². The summed E-state index contributed by atoms with van der Waals surface area (Å²) in [7, 11) is 2.06. The maximum Gasteiger partial charge on any atom is 0.0514 e. The Bertz CT molecular complexity index is 515. The number of alkyl halides is 2. The van der Waals surface area contributed by atoms with Crippen LogP contribution in [0.1, 0.15) is 51.1 Å². The molecule has 0 spiro atoms. The van der Waals surface area contributed by atoms with E-state index < -0.39 is 0 Å².